The summed E-state index contributed by atoms with van der Waals surface area (Å²) in [5, 5.41) is 3.21. The molecule has 0 aliphatic carbocycles. The van der Waals surface area contributed by atoms with Crippen LogP contribution < -0.4 is 11.1 Å². The molecule has 1 unspecified atom stereocenters. The monoisotopic (exact) mass is 242 g/mol. The number of likely N-dealkylation sites (N-methyl/N-ethyl adjacent to an activating group) is 1. The Hall–Kier alpha value is -0.770. The Kier molecular flexibility index (Phi) is 6.53. The number of nitrogens with two attached hydrogens (primary N) is 1. The minimum Gasteiger partial charge on any atom is -0.370 e. The lowest BCUT2D eigenvalue weighted by atomic mass is 10.0. The Morgan fingerprint density at radius 3 is 2.18 bits per heavy atom. The highest BCUT2D eigenvalue weighted by Crippen LogP contribution is 2.09. The van der Waals surface area contributed by atoms with E-state index in [0.29, 0.717) is 11.9 Å². The van der Waals surface area contributed by atoms with Gasteiger partial charge in [0.2, 0.25) is 0 Å². The van der Waals surface area contributed by atoms with Crippen LogP contribution in [0.4, 0.5) is 0 Å². The van der Waals surface area contributed by atoms with Gasteiger partial charge < -0.3 is 16.0 Å². The molecular formula is C13H30N4. The van der Waals surface area contributed by atoms with Gasteiger partial charge >= 0.3 is 0 Å². The number of guanidine groups is 1. The zero-order valence-electron chi connectivity index (χ0n) is 12.5. The van der Waals surface area contributed by atoms with Crippen LogP contribution in [0.1, 0.15) is 41.0 Å². The Morgan fingerprint density at radius 1 is 1.29 bits per heavy atom. The molecule has 0 heterocycles. The summed E-state index contributed by atoms with van der Waals surface area (Å²) in [6, 6.07) is 0.264. The quantitative estimate of drug-likeness (QED) is 0.569. The summed E-state index contributed by atoms with van der Waals surface area (Å²) < 4.78 is 0. The number of nitrogens with one attached hydrogen (secondary N) is 1. The van der Waals surface area contributed by atoms with Crippen LogP contribution in [0, 0.1) is 5.92 Å². The van der Waals surface area contributed by atoms with E-state index in [4.69, 9.17) is 5.73 Å². The summed E-state index contributed by atoms with van der Waals surface area (Å²) in [6.45, 7) is 11.6. The summed E-state index contributed by atoms with van der Waals surface area (Å²) >= 11 is 0. The van der Waals surface area contributed by atoms with Crippen molar-refractivity contribution in [3.63, 3.8) is 0 Å². The molecule has 0 saturated heterocycles. The van der Waals surface area contributed by atoms with Crippen molar-refractivity contribution in [2.24, 2.45) is 16.6 Å². The second-order valence-electron chi connectivity index (χ2n) is 6.43. The fourth-order valence-electron chi connectivity index (χ4n) is 1.75. The average molecular weight is 242 g/mol. The van der Waals surface area contributed by atoms with Gasteiger partial charge in [0.1, 0.15) is 0 Å². The third-order valence-corrected chi connectivity index (χ3v) is 2.14. The van der Waals surface area contributed by atoms with Crippen molar-refractivity contribution in [3.05, 3.63) is 0 Å². The van der Waals surface area contributed by atoms with E-state index < -0.39 is 0 Å². The molecule has 1 atom stereocenters. The van der Waals surface area contributed by atoms with Crippen LogP contribution in [0.3, 0.4) is 0 Å². The smallest absolute Gasteiger partial charge is 0.189 e. The minimum absolute atomic E-state index is 0.0337. The van der Waals surface area contributed by atoms with Gasteiger partial charge in [-0.05, 0) is 47.2 Å². The van der Waals surface area contributed by atoms with Gasteiger partial charge in [-0.25, -0.2) is 4.99 Å². The molecule has 0 rings (SSSR count). The molecule has 0 radical (unpaired) electrons. The highest BCUT2D eigenvalue weighted by Gasteiger charge is 2.14. The Labute approximate surface area is 107 Å². The molecule has 0 aromatic heterocycles. The van der Waals surface area contributed by atoms with Gasteiger partial charge in [0, 0.05) is 12.1 Å². The first-order valence-electron chi connectivity index (χ1n) is 6.36. The molecule has 4 nitrogen and oxygen atoms in total. The average Bonchev–Trinajstić information content (AvgIpc) is 1.95. The maximum absolute atomic E-state index is 5.93. The molecule has 0 fully saturated rings. The van der Waals surface area contributed by atoms with Crippen molar-refractivity contribution >= 4 is 5.96 Å². The molecule has 0 spiro atoms. The Morgan fingerprint density at radius 2 is 1.82 bits per heavy atom. The van der Waals surface area contributed by atoms with E-state index >= 15 is 0 Å². The maximum Gasteiger partial charge on any atom is 0.189 e. The normalized spacial score (nSPS) is 15.5. The van der Waals surface area contributed by atoms with Gasteiger partial charge in [0.15, 0.2) is 5.96 Å². The van der Waals surface area contributed by atoms with Crippen molar-refractivity contribution in [2.45, 2.75) is 52.6 Å². The largest absolute Gasteiger partial charge is 0.370 e. The van der Waals surface area contributed by atoms with Crippen molar-refractivity contribution in [2.75, 3.05) is 20.6 Å². The van der Waals surface area contributed by atoms with E-state index in [0.717, 1.165) is 13.0 Å². The molecule has 0 aromatic rings. The van der Waals surface area contributed by atoms with Crippen LogP contribution in [0.5, 0.6) is 0 Å². The molecule has 0 saturated carbocycles. The maximum atomic E-state index is 5.93. The molecule has 4 heteroatoms. The SMILES string of the molecule is CC(C)CC(CN(C)C)N=C(N)NC(C)(C)C. The molecule has 3 N–H and O–H groups in total. The predicted molar refractivity (Wildman–Crippen MR) is 76.3 cm³/mol. The third-order valence-electron chi connectivity index (χ3n) is 2.14. The number of hydrogen-bond acceptors (Lipinski definition) is 2. The molecule has 0 amide bonds. The molecule has 102 valence electrons. The number of hydrogen-bond donors (Lipinski definition) is 2. The highest BCUT2D eigenvalue weighted by molar-refractivity contribution is 5.78. The van der Waals surface area contributed by atoms with E-state index in [9.17, 15) is 0 Å². The zero-order valence-corrected chi connectivity index (χ0v) is 12.5. The molecule has 0 bridgehead atoms. The van der Waals surface area contributed by atoms with Crippen LogP contribution >= 0.6 is 0 Å². The molecule has 0 aliphatic heterocycles. The van der Waals surface area contributed by atoms with E-state index in [-0.39, 0.29) is 11.6 Å². The van der Waals surface area contributed by atoms with Crippen molar-refractivity contribution in [1.29, 1.82) is 0 Å². The van der Waals surface area contributed by atoms with Gasteiger partial charge in [0.25, 0.3) is 0 Å². The Balaban J connectivity index is 4.53. The van der Waals surface area contributed by atoms with Crippen LogP contribution in [0.2, 0.25) is 0 Å². The van der Waals surface area contributed by atoms with Crippen molar-refractivity contribution < 1.29 is 0 Å². The molecule has 0 aliphatic rings. The first-order chi connectivity index (χ1) is 7.60. The lowest BCUT2D eigenvalue weighted by molar-refractivity contribution is 0.344. The van der Waals surface area contributed by atoms with Gasteiger partial charge in [0.05, 0.1) is 6.04 Å². The molecular weight excluding hydrogens is 212 g/mol. The second-order valence-corrected chi connectivity index (χ2v) is 6.43. The summed E-state index contributed by atoms with van der Waals surface area (Å²) in [4.78, 5) is 6.74. The van der Waals surface area contributed by atoms with E-state index in [1.807, 2.05) is 0 Å². The van der Waals surface area contributed by atoms with Crippen molar-refractivity contribution in [1.82, 2.24) is 10.2 Å². The fourth-order valence-corrected chi connectivity index (χ4v) is 1.75. The van der Waals surface area contributed by atoms with Gasteiger partial charge in [-0.15, -0.1) is 0 Å². The predicted octanol–water partition coefficient (Wildman–Crippen LogP) is 1.67. The third kappa shape index (κ3) is 10.1. The zero-order chi connectivity index (χ0) is 13.6. The first kappa shape index (κ1) is 16.2. The minimum atomic E-state index is -0.0337. The van der Waals surface area contributed by atoms with Crippen molar-refractivity contribution in [3.8, 4) is 0 Å². The lowest BCUT2D eigenvalue weighted by Crippen LogP contribution is -2.46. The van der Waals surface area contributed by atoms with Gasteiger partial charge in [-0.1, -0.05) is 13.8 Å². The Bertz CT molecular complexity index is 228. The topological polar surface area (TPSA) is 53.6 Å². The van der Waals surface area contributed by atoms with Crippen LogP contribution in [-0.4, -0.2) is 43.1 Å². The van der Waals surface area contributed by atoms with Crippen LogP contribution in [-0.2, 0) is 0 Å². The summed E-state index contributed by atoms with van der Waals surface area (Å²) in [7, 11) is 4.13. The van der Waals surface area contributed by atoms with Gasteiger partial charge in [-0.2, -0.15) is 0 Å². The number of nitrogens with zero attached hydrogens (tertiary/aromatic N) is 2. The van der Waals surface area contributed by atoms with Crippen LogP contribution in [0.25, 0.3) is 0 Å². The van der Waals surface area contributed by atoms with E-state index in [2.05, 4.69) is 63.9 Å². The van der Waals surface area contributed by atoms with E-state index in [1.54, 1.807) is 0 Å². The highest BCUT2D eigenvalue weighted by atomic mass is 15.2. The number of rotatable bonds is 5. The fraction of sp³-hybridized carbons (Fsp3) is 0.923. The summed E-state index contributed by atoms with van der Waals surface area (Å²) in [6.07, 6.45) is 1.06. The standard InChI is InChI=1S/C13H30N4/c1-10(2)8-11(9-17(6)7)15-12(14)16-13(3,4)5/h10-11H,8-9H2,1-7H3,(H3,14,15,16). The van der Waals surface area contributed by atoms with Crippen LogP contribution in [0.15, 0.2) is 4.99 Å². The van der Waals surface area contributed by atoms with Gasteiger partial charge in [-0.3, -0.25) is 0 Å². The lowest BCUT2D eigenvalue weighted by Gasteiger charge is -2.24. The molecule has 17 heavy (non-hydrogen) atoms. The molecule has 0 aromatic carbocycles. The van der Waals surface area contributed by atoms with E-state index in [1.165, 1.54) is 0 Å². The second kappa shape index (κ2) is 6.84. The first-order valence-corrected chi connectivity index (χ1v) is 6.36. The summed E-state index contributed by atoms with van der Waals surface area (Å²) in [5.41, 5.74) is 5.90. The number of aliphatic imine (C=N–C) groups is 1. The summed E-state index contributed by atoms with van der Waals surface area (Å²) in [5.74, 6) is 1.18.